The number of phosphoric ester groups is 3. The molecule has 0 saturated carbocycles. The number of carbonyl (C=O) groups is 3. The lowest BCUT2D eigenvalue weighted by atomic mass is 9.87. The van der Waals surface area contributed by atoms with Crippen LogP contribution in [0.15, 0.2) is 36.9 Å². The van der Waals surface area contributed by atoms with E-state index in [1.54, 1.807) is 0 Å². The summed E-state index contributed by atoms with van der Waals surface area (Å²) in [4.78, 5) is 88.1. The zero-order valence-corrected chi connectivity index (χ0v) is 36.8. The second-order valence-corrected chi connectivity index (χ2v) is 19.6. The van der Waals surface area contributed by atoms with Gasteiger partial charge in [-0.2, -0.15) is 4.31 Å². The topological polar surface area (TPSA) is 402 Å². The summed E-state index contributed by atoms with van der Waals surface area (Å²) in [6.45, 7) is 1.99. The van der Waals surface area contributed by atoms with E-state index in [0.29, 0.717) is 31.8 Å². The number of thioether (sulfide) groups is 1. The van der Waals surface area contributed by atoms with Crippen LogP contribution in [0, 0.1) is 5.41 Å². The Morgan fingerprint density at radius 2 is 1.65 bits per heavy atom. The number of carbonyl (C=O) groups excluding carboxylic acids is 3. The number of hydrogen-bond donors (Lipinski definition) is 11. The Labute approximate surface area is 358 Å². The van der Waals surface area contributed by atoms with Crippen molar-refractivity contribution in [3.63, 3.8) is 0 Å². The number of fused-ring (bicyclic) bond motifs is 1. The standard InChI is InChI=1S/C32H50N9O17P3S/c1-32(2,27(45)30(46)37-10-7-22(42)36-11-12-62-23(43)8-9-35-14-20-5-3-19(13-33)4-6-20)16-55-61(52,53)58-60(50,51)54-15-21-26(57-59(47,48)49)25(44)31(56-21)41-18-40-24-28(34)38-17-39-29(24)41/h3-6,17-18,21,25-27,31,35,44-45H,7-16,33H2,1-2H3,(H,36,42)(H,37,46)(H,50,51)(H,52,53)(H2,34,38,39)(H2,47,48,49). The highest BCUT2D eigenvalue weighted by atomic mass is 32.2. The zero-order valence-electron chi connectivity index (χ0n) is 33.3. The first kappa shape index (κ1) is 51.3. The number of aliphatic hydroxyl groups excluding tert-OH is 2. The van der Waals surface area contributed by atoms with Crippen molar-refractivity contribution in [2.75, 3.05) is 44.3 Å². The molecular formula is C32H50N9O17P3S. The van der Waals surface area contributed by atoms with Crippen molar-refractivity contribution >= 4 is 69.1 Å². The highest BCUT2D eigenvalue weighted by Gasteiger charge is 2.50. The number of imidazole rings is 1. The average molecular weight is 958 g/mol. The van der Waals surface area contributed by atoms with Crippen molar-refractivity contribution in [2.45, 2.75) is 70.4 Å². The third-order valence-corrected chi connectivity index (χ3v) is 12.9. The van der Waals surface area contributed by atoms with Crippen LogP contribution in [-0.2, 0) is 63.8 Å². The summed E-state index contributed by atoms with van der Waals surface area (Å²) >= 11 is 1.07. The Balaban J connectivity index is 1.15. The van der Waals surface area contributed by atoms with E-state index < -0.39 is 84.6 Å². The molecule has 26 nitrogen and oxygen atoms in total. The zero-order chi connectivity index (χ0) is 45.9. The largest absolute Gasteiger partial charge is 0.481 e. The maximum absolute atomic E-state index is 12.7. The van der Waals surface area contributed by atoms with E-state index in [1.165, 1.54) is 13.8 Å². The second kappa shape index (κ2) is 22.5. The minimum Gasteiger partial charge on any atom is -0.386 e. The number of anilines is 1. The Bertz CT molecular complexity index is 2150. The van der Waals surface area contributed by atoms with E-state index >= 15 is 0 Å². The Hall–Kier alpha value is -3.30. The first-order chi connectivity index (χ1) is 29.0. The molecule has 2 aromatic heterocycles. The number of benzene rings is 1. The van der Waals surface area contributed by atoms with Crippen molar-refractivity contribution in [2.24, 2.45) is 11.1 Å². The Morgan fingerprint density at radius 1 is 0.968 bits per heavy atom. The van der Waals surface area contributed by atoms with Gasteiger partial charge in [-0.25, -0.2) is 28.6 Å². The molecule has 4 rings (SSSR count). The van der Waals surface area contributed by atoms with Gasteiger partial charge in [0.1, 0.15) is 36.3 Å². The van der Waals surface area contributed by atoms with Crippen LogP contribution in [-0.4, -0.2) is 129 Å². The number of nitrogens with two attached hydrogens (primary N) is 2. The van der Waals surface area contributed by atoms with Crippen molar-refractivity contribution < 1.29 is 80.5 Å². The van der Waals surface area contributed by atoms with Gasteiger partial charge in [-0.1, -0.05) is 49.9 Å². The number of hydrogen-bond acceptors (Lipinski definition) is 20. The third kappa shape index (κ3) is 15.7. The first-order valence-electron chi connectivity index (χ1n) is 18.5. The van der Waals surface area contributed by atoms with E-state index in [-0.39, 0.29) is 41.6 Å². The molecule has 3 heterocycles. The lowest BCUT2D eigenvalue weighted by Gasteiger charge is -2.30. The molecule has 30 heteroatoms. The molecule has 0 aliphatic carbocycles. The predicted molar refractivity (Wildman–Crippen MR) is 218 cm³/mol. The molecule has 1 fully saturated rings. The summed E-state index contributed by atoms with van der Waals surface area (Å²) in [6, 6.07) is 7.81. The molecule has 1 aromatic carbocycles. The lowest BCUT2D eigenvalue weighted by Crippen LogP contribution is -2.46. The molecule has 7 unspecified atom stereocenters. The smallest absolute Gasteiger partial charge is 0.386 e. The van der Waals surface area contributed by atoms with Gasteiger partial charge in [-0.15, -0.1) is 0 Å². The van der Waals surface area contributed by atoms with Crippen molar-refractivity contribution in [1.29, 1.82) is 0 Å². The van der Waals surface area contributed by atoms with Crippen molar-refractivity contribution in [3.05, 3.63) is 48.0 Å². The molecule has 0 bridgehead atoms. The summed E-state index contributed by atoms with van der Waals surface area (Å²) < 4.78 is 62.3. The number of aromatic nitrogens is 4. The maximum Gasteiger partial charge on any atom is 0.481 e. The van der Waals surface area contributed by atoms with Gasteiger partial charge in [0.05, 0.1) is 19.5 Å². The van der Waals surface area contributed by atoms with Gasteiger partial charge in [0.25, 0.3) is 0 Å². The van der Waals surface area contributed by atoms with Gasteiger partial charge in [-0.05, 0) is 11.1 Å². The number of phosphoric acid groups is 3. The molecule has 1 aliphatic heterocycles. The summed E-state index contributed by atoms with van der Waals surface area (Å²) in [7, 11) is -16.4. The lowest BCUT2D eigenvalue weighted by molar-refractivity contribution is -0.137. The Kier molecular flexibility index (Phi) is 18.7. The summed E-state index contributed by atoms with van der Waals surface area (Å²) in [6.07, 6.45) is -6.67. The minimum absolute atomic E-state index is 0.0278. The molecule has 346 valence electrons. The molecule has 1 saturated heterocycles. The normalized spacial score (nSPS) is 20.7. The third-order valence-electron chi connectivity index (χ3n) is 8.86. The van der Waals surface area contributed by atoms with E-state index in [1.807, 2.05) is 24.3 Å². The fourth-order valence-electron chi connectivity index (χ4n) is 5.58. The number of ether oxygens (including phenoxy) is 1. The number of nitrogen functional groups attached to an aromatic ring is 1. The number of aliphatic hydroxyl groups is 2. The highest BCUT2D eigenvalue weighted by molar-refractivity contribution is 8.13. The van der Waals surface area contributed by atoms with E-state index in [4.69, 9.17) is 25.3 Å². The van der Waals surface area contributed by atoms with Crippen LogP contribution in [0.3, 0.4) is 0 Å². The number of rotatable bonds is 25. The fourth-order valence-corrected chi connectivity index (χ4v) is 9.09. The molecule has 7 atom stereocenters. The van der Waals surface area contributed by atoms with Crippen molar-refractivity contribution in [3.8, 4) is 0 Å². The maximum atomic E-state index is 12.7. The number of nitrogens with zero attached hydrogens (tertiary/aromatic N) is 4. The number of amides is 2. The SMILES string of the molecule is CC(C)(COP(=O)(O)OP(=O)(O)OCC1OC(n2cnc3c(N)ncnc32)C(O)C1OP(=O)(O)O)C(O)C(=O)NCCC(=O)NCCSC(=O)CCNCc1ccc(CN)cc1. The predicted octanol–water partition coefficient (Wildman–Crippen LogP) is -0.697. The van der Waals surface area contributed by atoms with E-state index in [2.05, 4.69) is 39.7 Å². The van der Waals surface area contributed by atoms with Crippen molar-refractivity contribution in [1.82, 2.24) is 35.5 Å². The first-order valence-corrected chi connectivity index (χ1v) is 24.0. The molecule has 0 spiro atoms. The quantitative estimate of drug-likeness (QED) is 0.0369. The van der Waals surface area contributed by atoms with Crippen LogP contribution in [0.4, 0.5) is 5.82 Å². The van der Waals surface area contributed by atoms with Crippen LogP contribution >= 0.6 is 35.2 Å². The molecule has 2 amide bonds. The monoisotopic (exact) mass is 957 g/mol. The van der Waals surface area contributed by atoms with Gasteiger partial charge in [0, 0.05) is 56.7 Å². The van der Waals surface area contributed by atoms with Gasteiger partial charge < -0.3 is 61.9 Å². The van der Waals surface area contributed by atoms with E-state index in [9.17, 15) is 57.9 Å². The highest BCUT2D eigenvalue weighted by Crippen LogP contribution is 2.61. The second-order valence-electron chi connectivity index (χ2n) is 14.2. The van der Waals surface area contributed by atoms with Crippen LogP contribution in [0.5, 0.6) is 0 Å². The molecule has 62 heavy (non-hydrogen) atoms. The van der Waals surface area contributed by atoms with Crippen LogP contribution in [0.1, 0.15) is 44.0 Å². The van der Waals surface area contributed by atoms with Gasteiger partial charge >= 0.3 is 23.5 Å². The Morgan fingerprint density at radius 3 is 2.32 bits per heavy atom. The molecule has 1 aliphatic rings. The fraction of sp³-hybridized carbons (Fsp3) is 0.562. The average Bonchev–Trinajstić information content (AvgIpc) is 3.76. The molecule has 0 radical (unpaired) electrons. The summed E-state index contributed by atoms with van der Waals surface area (Å²) in [5, 5.41) is 29.6. The summed E-state index contributed by atoms with van der Waals surface area (Å²) in [5.41, 5.74) is 11.9. The molecule has 13 N–H and O–H groups in total. The minimum atomic E-state index is -5.58. The summed E-state index contributed by atoms with van der Waals surface area (Å²) in [5.74, 6) is -1.15. The van der Waals surface area contributed by atoms with Gasteiger partial charge in [0.2, 0.25) is 11.8 Å². The van der Waals surface area contributed by atoms with E-state index in [0.717, 1.165) is 40.1 Å². The van der Waals surface area contributed by atoms with Crippen LogP contribution < -0.4 is 27.4 Å². The molecular weight excluding hydrogens is 907 g/mol. The van der Waals surface area contributed by atoms with Crippen LogP contribution in [0.2, 0.25) is 0 Å². The van der Waals surface area contributed by atoms with Gasteiger partial charge in [0.15, 0.2) is 22.8 Å². The van der Waals surface area contributed by atoms with Gasteiger partial charge in [-0.3, -0.25) is 32.5 Å². The molecule has 3 aromatic rings. The number of nitrogens with one attached hydrogen (secondary N) is 3. The van der Waals surface area contributed by atoms with Crippen LogP contribution in [0.25, 0.3) is 11.2 Å².